The van der Waals surface area contributed by atoms with Crippen molar-refractivity contribution in [2.24, 2.45) is 5.92 Å². The van der Waals surface area contributed by atoms with Gasteiger partial charge < -0.3 is 15.4 Å². The van der Waals surface area contributed by atoms with Crippen molar-refractivity contribution in [2.45, 2.75) is 51.0 Å². The van der Waals surface area contributed by atoms with Crippen molar-refractivity contribution >= 4 is 5.95 Å². The Morgan fingerprint density at radius 3 is 2.69 bits per heavy atom. The highest BCUT2D eigenvalue weighted by molar-refractivity contribution is 5.30. The summed E-state index contributed by atoms with van der Waals surface area (Å²) in [5.41, 5.74) is 0. The number of rotatable bonds is 6. The zero-order valence-electron chi connectivity index (χ0n) is 15.1. The predicted molar refractivity (Wildman–Crippen MR) is 98.5 cm³/mol. The average Bonchev–Trinajstić information content (AvgIpc) is 3.23. The van der Waals surface area contributed by atoms with Gasteiger partial charge in [0.1, 0.15) is 6.10 Å². The van der Waals surface area contributed by atoms with E-state index in [4.69, 9.17) is 4.74 Å². The molecule has 0 atom stereocenters. The van der Waals surface area contributed by atoms with Gasteiger partial charge in [0.2, 0.25) is 5.95 Å². The first-order valence-corrected chi connectivity index (χ1v) is 9.74. The van der Waals surface area contributed by atoms with Crippen LogP contribution in [0.5, 0.6) is 6.01 Å². The van der Waals surface area contributed by atoms with E-state index in [0.717, 1.165) is 32.5 Å². The number of ether oxygens (including phenoxy) is 1. The fourth-order valence-corrected chi connectivity index (χ4v) is 3.62. The Hall–Kier alpha value is -2.22. The molecule has 2 fully saturated rings. The molecular formula is C18H27N7O. The van der Waals surface area contributed by atoms with E-state index >= 15 is 0 Å². The largest absolute Gasteiger partial charge is 0.460 e. The molecule has 3 heterocycles. The quantitative estimate of drug-likeness (QED) is 0.819. The molecule has 2 aromatic rings. The fourth-order valence-electron chi connectivity index (χ4n) is 3.62. The Balaban J connectivity index is 1.49. The molecule has 8 nitrogen and oxygen atoms in total. The van der Waals surface area contributed by atoms with Crippen molar-refractivity contribution in [2.75, 3.05) is 25.0 Å². The van der Waals surface area contributed by atoms with Crippen LogP contribution in [0, 0.1) is 5.92 Å². The van der Waals surface area contributed by atoms with Crippen LogP contribution < -0.4 is 15.4 Å². The monoisotopic (exact) mass is 357 g/mol. The molecule has 2 N–H and O–H groups in total. The first-order chi connectivity index (χ1) is 12.9. The average molecular weight is 357 g/mol. The minimum atomic E-state index is 0.203. The van der Waals surface area contributed by atoms with Gasteiger partial charge >= 0.3 is 6.01 Å². The van der Waals surface area contributed by atoms with Crippen LogP contribution in [0.1, 0.15) is 44.9 Å². The van der Waals surface area contributed by atoms with Crippen LogP contribution in [0.25, 0.3) is 5.95 Å². The summed E-state index contributed by atoms with van der Waals surface area (Å²) < 4.78 is 7.72. The van der Waals surface area contributed by atoms with E-state index in [2.05, 4.69) is 30.7 Å². The summed E-state index contributed by atoms with van der Waals surface area (Å²) in [5, 5.41) is 11.0. The second-order valence-corrected chi connectivity index (χ2v) is 7.14. The minimum absolute atomic E-state index is 0.203. The van der Waals surface area contributed by atoms with Crippen molar-refractivity contribution in [3.8, 4) is 12.0 Å². The van der Waals surface area contributed by atoms with Crippen LogP contribution in [0.2, 0.25) is 0 Å². The van der Waals surface area contributed by atoms with E-state index in [1.165, 1.54) is 32.1 Å². The van der Waals surface area contributed by atoms with Gasteiger partial charge in [0.25, 0.3) is 5.95 Å². The molecule has 1 saturated carbocycles. The van der Waals surface area contributed by atoms with Crippen LogP contribution in [0.3, 0.4) is 0 Å². The van der Waals surface area contributed by atoms with Crippen LogP contribution in [0.15, 0.2) is 18.5 Å². The van der Waals surface area contributed by atoms with Crippen molar-refractivity contribution in [1.82, 2.24) is 30.0 Å². The molecule has 140 valence electrons. The van der Waals surface area contributed by atoms with Gasteiger partial charge in [-0.05, 0) is 63.6 Å². The maximum atomic E-state index is 6.07. The van der Waals surface area contributed by atoms with Crippen LogP contribution in [-0.4, -0.2) is 50.5 Å². The number of aromatic nitrogens is 5. The van der Waals surface area contributed by atoms with Crippen LogP contribution in [0.4, 0.5) is 5.95 Å². The summed E-state index contributed by atoms with van der Waals surface area (Å²) in [7, 11) is 0. The zero-order chi connectivity index (χ0) is 17.6. The normalized spacial score (nSPS) is 19.4. The number of anilines is 1. The van der Waals surface area contributed by atoms with Gasteiger partial charge in [-0.25, -0.2) is 4.68 Å². The number of hydrogen-bond donors (Lipinski definition) is 2. The highest BCUT2D eigenvalue weighted by Crippen LogP contribution is 2.22. The first kappa shape index (κ1) is 17.2. The third-order valence-electron chi connectivity index (χ3n) is 5.14. The molecule has 1 aliphatic carbocycles. The zero-order valence-corrected chi connectivity index (χ0v) is 15.1. The number of nitrogens with zero attached hydrogens (tertiary/aromatic N) is 5. The Labute approximate surface area is 153 Å². The summed E-state index contributed by atoms with van der Waals surface area (Å²) in [6.45, 7) is 3.03. The van der Waals surface area contributed by atoms with E-state index in [-0.39, 0.29) is 6.10 Å². The maximum Gasteiger partial charge on any atom is 0.323 e. The SMILES string of the molecule is c1cnn(-c2nc(NCC3CCNCC3)nc(OC3CCCCC3)n2)c1. The molecule has 1 saturated heterocycles. The Morgan fingerprint density at radius 2 is 1.92 bits per heavy atom. The Kier molecular flexibility index (Phi) is 5.59. The highest BCUT2D eigenvalue weighted by Gasteiger charge is 2.19. The van der Waals surface area contributed by atoms with Gasteiger partial charge in [0.15, 0.2) is 0 Å². The van der Waals surface area contributed by atoms with Gasteiger partial charge in [-0.1, -0.05) is 6.42 Å². The third-order valence-corrected chi connectivity index (χ3v) is 5.14. The second kappa shape index (κ2) is 8.44. The molecule has 4 rings (SSSR count). The van der Waals surface area contributed by atoms with Crippen molar-refractivity contribution in [1.29, 1.82) is 0 Å². The maximum absolute atomic E-state index is 6.07. The molecule has 2 aromatic heterocycles. The van der Waals surface area contributed by atoms with Crippen molar-refractivity contribution in [3.05, 3.63) is 18.5 Å². The van der Waals surface area contributed by atoms with Crippen LogP contribution in [-0.2, 0) is 0 Å². The molecule has 8 heteroatoms. The fraction of sp³-hybridized carbons (Fsp3) is 0.667. The standard InChI is InChI=1S/C18H27N7O/c1-2-5-15(6-3-1)26-18-23-16(20-13-14-7-10-19-11-8-14)22-17(24-18)25-12-4-9-21-25/h4,9,12,14-15,19H,1-3,5-8,10-11,13H2,(H,20,22,23,24). The highest BCUT2D eigenvalue weighted by atomic mass is 16.5. The van der Waals surface area contributed by atoms with E-state index in [0.29, 0.717) is 23.8 Å². The molecule has 0 radical (unpaired) electrons. The van der Waals surface area contributed by atoms with E-state index in [1.807, 2.05) is 12.3 Å². The molecule has 0 aromatic carbocycles. The topological polar surface area (TPSA) is 89.8 Å². The predicted octanol–water partition coefficient (Wildman–Crippen LogP) is 2.18. The Morgan fingerprint density at radius 1 is 1.08 bits per heavy atom. The lowest BCUT2D eigenvalue weighted by Gasteiger charge is -2.23. The number of hydrogen-bond acceptors (Lipinski definition) is 7. The van der Waals surface area contributed by atoms with Gasteiger partial charge in [-0.3, -0.25) is 0 Å². The molecule has 0 unspecified atom stereocenters. The second-order valence-electron chi connectivity index (χ2n) is 7.14. The minimum Gasteiger partial charge on any atom is -0.460 e. The first-order valence-electron chi connectivity index (χ1n) is 9.74. The molecule has 0 spiro atoms. The van der Waals surface area contributed by atoms with Crippen molar-refractivity contribution < 1.29 is 4.74 Å². The lowest BCUT2D eigenvalue weighted by molar-refractivity contribution is 0.141. The van der Waals surface area contributed by atoms with Gasteiger partial charge in [-0.2, -0.15) is 20.1 Å². The van der Waals surface area contributed by atoms with Crippen molar-refractivity contribution in [3.63, 3.8) is 0 Å². The molecule has 2 aliphatic rings. The summed E-state index contributed by atoms with van der Waals surface area (Å²) >= 11 is 0. The number of nitrogens with one attached hydrogen (secondary N) is 2. The Bertz CT molecular complexity index is 679. The molecular weight excluding hydrogens is 330 g/mol. The van der Waals surface area contributed by atoms with E-state index in [1.54, 1.807) is 10.9 Å². The summed E-state index contributed by atoms with van der Waals surface area (Å²) in [4.78, 5) is 13.5. The lowest BCUT2D eigenvalue weighted by atomic mass is 9.98. The number of piperidine rings is 1. The van der Waals surface area contributed by atoms with Gasteiger partial charge in [0.05, 0.1) is 0 Å². The molecule has 0 bridgehead atoms. The summed E-state index contributed by atoms with van der Waals surface area (Å²) in [6.07, 6.45) is 12.0. The van der Waals surface area contributed by atoms with Gasteiger partial charge in [-0.15, -0.1) is 0 Å². The molecule has 26 heavy (non-hydrogen) atoms. The van der Waals surface area contributed by atoms with Crippen LogP contribution >= 0.6 is 0 Å². The molecule has 0 amide bonds. The lowest BCUT2D eigenvalue weighted by Crippen LogP contribution is -2.31. The summed E-state index contributed by atoms with van der Waals surface area (Å²) in [5.74, 6) is 1.70. The molecule has 1 aliphatic heterocycles. The van der Waals surface area contributed by atoms with E-state index in [9.17, 15) is 0 Å². The summed E-state index contributed by atoms with van der Waals surface area (Å²) in [6, 6.07) is 2.25. The van der Waals surface area contributed by atoms with Gasteiger partial charge in [0, 0.05) is 18.9 Å². The third kappa shape index (κ3) is 4.49. The smallest absolute Gasteiger partial charge is 0.323 e. The van der Waals surface area contributed by atoms with E-state index < -0.39 is 0 Å².